The maximum absolute atomic E-state index is 11.5. The summed E-state index contributed by atoms with van der Waals surface area (Å²) < 4.78 is 0. The van der Waals surface area contributed by atoms with Gasteiger partial charge < -0.3 is 4.90 Å². The second kappa shape index (κ2) is 5.32. The summed E-state index contributed by atoms with van der Waals surface area (Å²) in [4.78, 5) is 24.6. The van der Waals surface area contributed by atoms with Gasteiger partial charge in [-0.25, -0.2) is 4.79 Å². The van der Waals surface area contributed by atoms with Crippen LogP contribution in [0, 0.1) is 0 Å². The highest BCUT2D eigenvalue weighted by Gasteiger charge is 2.44. The van der Waals surface area contributed by atoms with Gasteiger partial charge in [0.05, 0.1) is 0 Å². The van der Waals surface area contributed by atoms with E-state index < -0.39 is 5.54 Å². The van der Waals surface area contributed by atoms with Crippen LogP contribution in [0.15, 0.2) is 0 Å². The van der Waals surface area contributed by atoms with Crippen LogP contribution in [-0.2, 0) is 4.79 Å². The van der Waals surface area contributed by atoms with E-state index in [4.69, 9.17) is 0 Å². The maximum Gasteiger partial charge on any atom is 0.324 e. The summed E-state index contributed by atoms with van der Waals surface area (Å²) in [5.74, 6) is -0.189. The van der Waals surface area contributed by atoms with Crippen LogP contribution in [0.3, 0.4) is 0 Å². The number of hydrogen-bond acceptors (Lipinski definition) is 2. The van der Waals surface area contributed by atoms with Crippen LogP contribution in [0.2, 0.25) is 0 Å². The molecule has 0 aliphatic carbocycles. The van der Waals surface area contributed by atoms with Gasteiger partial charge >= 0.3 is 6.03 Å². The van der Waals surface area contributed by atoms with Crippen LogP contribution >= 0.6 is 0 Å². The lowest BCUT2D eigenvalue weighted by Gasteiger charge is -2.27. The number of nitrogens with zero attached hydrogens (tertiary/aromatic N) is 1. The normalized spacial score (nSPS) is 19.1. The number of carbonyl (C=O) groups is 2. The fraction of sp³-hybridized carbons (Fsp3) is 0.833. The lowest BCUT2D eigenvalue weighted by atomic mass is 10.0. The molecule has 1 N–H and O–H groups in total. The van der Waals surface area contributed by atoms with E-state index in [2.05, 4.69) is 12.2 Å². The SMILES string of the molecule is CCCCCCCN1C(=O)NC(=O)C1(C)C. The van der Waals surface area contributed by atoms with Crippen molar-refractivity contribution in [2.24, 2.45) is 0 Å². The first-order valence-electron chi connectivity index (χ1n) is 6.13. The highest BCUT2D eigenvalue weighted by atomic mass is 16.2. The van der Waals surface area contributed by atoms with Gasteiger partial charge in [-0.2, -0.15) is 0 Å². The first kappa shape index (κ1) is 13.0. The summed E-state index contributed by atoms with van der Waals surface area (Å²) in [6.45, 7) is 6.43. The monoisotopic (exact) mass is 226 g/mol. The third-order valence-electron chi connectivity index (χ3n) is 3.18. The maximum atomic E-state index is 11.5. The number of unbranched alkanes of at least 4 members (excludes halogenated alkanes) is 4. The fourth-order valence-electron chi connectivity index (χ4n) is 1.95. The molecule has 4 heteroatoms. The van der Waals surface area contributed by atoms with Gasteiger partial charge in [-0.3, -0.25) is 10.1 Å². The highest BCUT2D eigenvalue weighted by molar-refractivity contribution is 6.06. The van der Waals surface area contributed by atoms with E-state index in [0.29, 0.717) is 6.54 Å². The molecule has 0 unspecified atom stereocenters. The largest absolute Gasteiger partial charge is 0.324 e. The summed E-state index contributed by atoms with van der Waals surface area (Å²) in [5.41, 5.74) is -0.679. The number of amides is 3. The van der Waals surface area contributed by atoms with Crippen molar-refractivity contribution in [3.05, 3.63) is 0 Å². The van der Waals surface area contributed by atoms with Gasteiger partial charge in [0.1, 0.15) is 5.54 Å². The number of urea groups is 1. The molecule has 1 aliphatic rings. The predicted octanol–water partition coefficient (Wildman–Crippen LogP) is 2.29. The lowest BCUT2D eigenvalue weighted by Crippen LogP contribution is -2.44. The number of hydrogen-bond donors (Lipinski definition) is 1. The molecule has 1 aliphatic heterocycles. The Bertz CT molecular complexity index is 274. The number of nitrogens with one attached hydrogen (secondary N) is 1. The molecule has 0 aromatic heterocycles. The Morgan fingerprint density at radius 2 is 1.75 bits per heavy atom. The quantitative estimate of drug-likeness (QED) is 0.558. The van der Waals surface area contributed by atoms with Gasteiger partial charge in [-0.1, -0.05) is 32.6 Å². The third kappa shape index (κ3) is 2.74. The van der Waals surface area contributed by atoms with E-state index in [1.54, 1.807) is 18.7 Å². The molecule has 0 atom stereocenters. The topological polar surface area (TPSA) is 49.4 Å². The van der Waals surface area contributed by atoms with Crippen molar-refractivity contribution in [1.29, 1.82) is 0 Å². The van der Waals surface area contributed by atoms with Crippen LogP contribution in [0.5, 0.6) is 0 Å². The minimum Gasteiger partial charge on any atom is -0.310 e. The second-order valence-corrected chi connectivity index (χ2v) is 4.88. The molecular weight excluding hydrogens is 204 g/mol. The Morgan fingerprint density at radius 1 is 1.12 bits per heavy atom. The third-order valence-corrected chi connectivity index (χ3v) is 3.18. The molecule has 0 radical (unpaired) electrons. The summed E-state index contributed by atoms with van der Waals surface area (Å²) >= 11 is 0. The molecule has 0 aromatic rings. The number of imide groups is 1. The van der Waals surface area contributed by atoms with E-state index in [1.807, 2.05) is 0 Å². The summed E-state index contributed by atoms with van der Waals surface area (Å²) in [5, 5.41) is 2.36. The molecule has 92 valence electrons. The van der Waals surface area contributed by atoms with E-state index >= 15 is 0 Å². The van der Waals surface area contributed by atoms with E-state index in [-0.39, 0.29) is 11.9 Å². The van der Waals surface area contributed by atoms with Crippen LogP contribution < -0.4 is 5.32 Å². The van der Waals surface area contributed by atoms with Crippen LogP contribution in [-0.4, -0.2) is 28.9 Å². The Hall–Kier alpha value is -1.06. The zero-order valence-corrected chi connectivity index (χ0v) is 10.5. The molecule has 0 spiro atoms. The van der Waals surface area contributed by atoms with Crippen LogP contribution in [0.1, 0.15) is 52.9 Å². The number of rotatable bonds is 6. The van der Waals surface area contributed by atoms with E-state index in [9.17, 15) is 9.59 Å². The molecule has 4 nitrogen and oxygen atoms in total. The van der Waals surface area contributed by atoms with Crippen molar-refractivity contribution in [3.63, 3.8) is 0 Å². The van der Waals surface area contributed by atoms with Gasteiger partial charge in [0.2, 0.25) is 0 Å². The van der Waals surface area contributed by atoms with Crippen LogP contribution in [0.25, 0.3) is 0 Å². The molecule has 0 bridgehead atoms. The van der Waals surface area contributed by atoms with Gasteiger partial charge in [-0.15, -0.1) is 0 Å². The lowest BCUT2D eigenvalue weighted by molar-refractivity contribution is -0.125. The van der Waals surface area contributed by atoms with E-state index in [0.717, 1.165) is 12.8 Å². The van der Waals surface area contributed by atoms with Gasteiger partial charge in [0.25, 0.3) is 5.91 Å². The fourth-order valence-corrected chi connectivity index (χ4v) is 1.95. The van der Waals surface area contributed by atoms with Crippen molar-refractivity contribution >= 4 is 11.9 Å². The molecular formula is C12H22N2O2. The molecule has 1 heterocycles. The Labute approximate surface area is 97.4 Å². The predicted molar refractivity (Wildman–Crippen MR) is 63.1 cm³/mol. The second-order valence-electron chi connectivity index (χ2n) is 4.88. The zero-order chi connectivity index (χ0) is 12.2. The zero-order valence-electron chi connectivity index (χ0n) is 10.5. The van der Waals surface area contributed by atoms with Gasteiger partial charge in [-0.05, 0) is 20.3 Å². The van der Waals surface area contributed by atoms with Crippen molar-refractivity contribution in [3.8, 4) is 0 Å². The number of carbonyl (C=O) groups excluding carboxylic acids is 2. The molecule has 1 saturated heterocycles. The summed E-state index contributed by atoms with van der Waals surface area (Å²) in [6.07, 6.45) is 5.77. The standard InChI is InChI=1S/C12H22N2O2/c1-4-5-6-7-8-9-14-11(16)13-10(15)12(14,2)3/h4-9H2,1-3H3,(H,13,15,16). The Balaban J connectivity index is 2.36. The first-order valence-corrected chi connectivity index (χ1v) is 6.13. The Kier molecular flexibility index (Phi) is 4.33. The minimum atomic E-state index is -0.679. The minimum absolute atomic E-state index is 0.189. The van der Waals surface area contributed by atoms with Crippen LogP contribution in [0.4, 0.5) is 4.79 Å². The van der Waals surface area contributed by atoms with Gasteiger partial charge in [0.15, 0.2) is 0 Å². The van der Waals surface area contributed by atoms with Crippen molar-refractivity contribution in [2.75, 3.05) is 6.54 Å². The van der Waals surface area contributed by atoms with E-state index in [1.165, 1.54) is 19.3 Å². The summed E-state index contributed by atoms with van der Waals surface area (Å²) in [7, 11) is 0. The smallest absolute Gasteiger partial charge is 0.310 e. The molecule has 3 amide bonds. The highest BCUT2D eigenvalue weighted by Crippen LogP contribution is 2.21. The molecule has 1 rings (SSSR count). The first-order chi connectivity index (χ1) is 7.50. The van der Waals surface area contributed by atoms with Gasteiger partial charge in [0, 0.05) is 6.54 Å². The molecule has 16 heavy (non-hydrogen) atoms. The molecule has 0 aromatic carbocycles. The van der Waals surface area contributed by atoms with Crippen molar-refractivity contribution < 1.29 is 9.59 Å². The average molecular weight is 226 g/mol. The van der Waals surface area contributed by atoms with Crippen molar-refractivity contribution in [1.82, 2.24) is 10.2 Å². The van der Waals surface area contributed by atoms with Crippen molar-refractivity contribution in [2.45, 2.75) is 58.4 Å². The average Bonchev–Trinajstić information content (AvgIpc) is 2.39. The Morgan fingerprint density at radius 3 is 2.25 bits per heavy atom. The molecule has 0 saturated carbocycles. The summed E-state index contributed by atoms with van der Waals surface area (Å²) in [6, 6.07) is -0.245. The molecule has 1 fully saturated rings.